The lowest BCUT2D eigenvalue weighted by Gasteiger charge is -2.26. The van der Waals surface area contributed by atoms with Crippen molar-refractivity contribution < 1.29 is 14.3 Å². The molecule has 1 aromatic rings. The van der Waals surface area contributed by atoms with E-state index in [2.05, 4.69) is 34.0 Å². The minimum Gasteiger partial charge on any atom is -0.379 e. The highest BCUT2D eigenvalue weighted by Crippen LogP contribution is 2.23. The van der Waals surface area contributed by atoms with Crippen molar-refractivity contribution in [1.82, 2.24) is 15.5 Å². The van der Waals surface area contributed by atoms with Crippen LogP contribution in [-0.4, -0.2) is 69.4 Å². The summed E-state index contributed by atoms with van der Waals surface area (Å²) in [7, 11) is 0. The van der Waals surface area contributed by atoms with Gasteiger partial charge in [-0.1, -0.05) is 13.3 Å². The van der Waals surface area contributed by atoms with Gasteiger partial charge in [-0.2, -0.15) is 0 Å². The van der Waals surface area contributed by atoms with Gasteiger partial charge >= 0.3 is 0 Å². The second kappa shape index (κ2) is 13.5. The van der Waals surface area contributed by atoms with Gasteiger partial charge in [-0.3, -0.25) is 4.79 Å². The molecule has 0 unspecified atom stereocenters. The van der Waals surface area contributed by atoms with E-state index in [0.717, 1.165) is 39.0 Å². The molecule has 0 spiro atoms. The zero-order chi connectivity index (χ0) is 20.0. The van der Waals surface area contributed by atoms with Crippen LogP contribution in [0.2, 0.25) is 0 Å². The second-order valence-corrected chi connectivity index (χ2v) is 7.64. The molecule has 2 rings (SSSR count). The van der Waals surface area contributed by atoms with E-state index in [1.165, 1.54) is 10.4 Å². The summed E-state index contributed by atoms with van der Waals surface area (Å²) < 4.78 is 11.0. The van der Waals surface area contributed by atoms with Crippen molar-refractivity contribution >= 4 is 23.2 Å². The van der Waals surface area contributed by atoms with E-state index < -0.39 is 0 Å². The number of aliphatic imine (C=N–C) groups is 1. The molecule has 0 saturated carbocycles. The Hall–Kier alpha value is -1.64. The van der Waals surface area contributed by atoms with Gasteiger partial charge in [0.1, 0.15) is 6.54 Å². The molecule has 1 aliphatic heterocycles. The minimum atomic E-state index is 0.0644. The maximum absolute atomic E-state index is 12.5. The van der Waals surface area contributed by atoms with Crippen molar-refractivity contribution in [2.24, 2.45) is 4.99 Å². The van der Waals surface area contributed by atoms with Crippen molar-refractivity contribution in [3.05, 3.63) is 21.9 Å². The molecule has 28 heavy (non-hydrogen) atoms. The van der Waals surface area contributed by atoms with E-state index in [-0.39, 0.29) is 12.5 Å². The van der Waals surface area contributed by atoms with Crippen LogP contribution in [0, 0.1) is 0 Å². The van der Waals surface area contributed by atoms with Gasteiger partial charge in [0.25, 0.3) is 0 Å². The summed E-state index contributed by atoms with van der Waals surface area (Å²) in [6.45, 7) is 9.76. The average molecular weight is 411 g/mol. The molecule has 158 valence electrons. The summed E-state index contributed by atoms with van der Waals surface area (Å²) in [5.41, 5.74) is 1.27. The lowest BCUT2D eigenvalue weighted by atomic mass is 10.1. The van der Waals surface area contributed by atoms with E-state index in [4.69, 9.17) is 9.47 Å². The number of carbonyl (C=O) groups is 1. The number of nitrogens with one attached hydrogen (secondary N) is 2. The Morgan fingerprint density at radius 1 is 1.21 bits per heavy atom. The maximum atomic E-state index is 12.5. The second-order valence-electron chi connectivity index (χ2n) is 6.63. The number of rotatable bonds is 12. The number of fused-ring (bicyclic) bond motifs is 1. The molecular weight excluding hydrogens is 376 g/mol. The van der Waals surface area contributed by atoms with Crippen LogP contribution in [0.5, 0.6) is 0 Å². The summed E-state index contributed by atoms with van der Waals surface area (Å²) in [5, 5.41) is 8.47. The SMILES string of the molecule is CCCCOCCOCCNC(=NCC(=O)N1CCc2sccc2C1)NCC. The Balaban J connectivity index is 1.64. The van der Waals surface area contributed by atoms with Crippen LogP contribution < -0.4 is 10.6 Å². The monoisotopic (exact) mass is 410 g/mol. The Kier molecular flexibility index (Phi) is 10.9. The average Bonchev–Trinajstić information content (AvgIpc) is 3.18. The number of ether oxygens (including phenoxy) is 2. The number of thiophene rings is 1. The zero-order valence-corrected chi connectivity index (χ0v) is 18.0. The fourth-order valence-corrected chi connectivity index (χ4v) is 3.75. The summed E-state index contributed by atoms with van der Waals surface area (Å²) >= 11 is 1.78. The van der Waals surface area contributed by atoms with Gasteiger partial charge < -0.3 is 25.0 Å². The normalized spacial score (nSPS) is 14.1. The molecule has 8 heteroatoms. The first-order valence-electron chi connectivity index (χ1n) is 10.2. The molecule has 1 amide bonds. The van der Waals surface area contributed by atoms with Crippen LogP contribution in [0.3, 0.4) is 0 Å². The molecule has 0 aliphatic carbocycles. The molecule has 0 saturated heterocycles. The smallest absolute Gasteiger partial charge is 0.244 e. The van der Waals surface area contributed by atoms with E-state index >= 15 is 0 Å². The first-order chi connectivity index (χ1) is 13.7. The number of carbonyl (C=O) groups excluding carboxylic acids is 1. The van der Waals surface area contributed by atoms with Crippen molar-refractivity contribution in [2.45, 2.75) is 39.7 Å². The Morgan fingerprint density at radius 2 is 2.04 bits per heavy atom. The highest BCUT2D eigenvalue weighted by molar-refractivity contribution is 7.10. The third-order valence-corrected chi connectivity index (χ3v) is 5.45. The Morgan fingerprint density at radius 3 is 2.82 bits per heavy atom. The van der Waals surface area contributed by atoms with Crippen molar-refractivity contribution in [1.29, 1.82) is 0 Å². The van der Waals surface area contributed by atoms with Gasteiger partial charge in [0.05, 0.1) is 19.8 Å². The predicted molar refractivity (Wildman–Crippen MR) is 114 cm³/mol. The molecular formula is C20H34N4O3S. The highest BCUT2D eigenvalue weighted by Gasteiger charge is 2.21. The Bertz CT molecular complexity index is 606. The van der Waals surface area contributed by atoms with Crippen molar-refractivity contribution in [2.75, 3.05) is 52.6 Å². The summed E-state index contributed by atoms with van der Waals surface area (Å²) in [5.74, 6) is 0.710. The van der Waals surface area contributed by atoms with Crippen LogP contribution >= 0.6 is 11.3 Å². The molecule has 7 nitrogen and oxygen atoms in total. The van der Waals surface area contributed by atoms with Crippen LogP contribution in [0.1, 0.15) is 37.1 Å². The molecule has 1 aromatic heterocycles. The van der Waals surface area contributed by atoms with Gasteiger partial charge in [0.15, 0.2) is 5.96 Å². The molecule has 0 fully saturated rings. The zero-order valence-electron chi connectivity index (χ0n) is 17.2. The van der Waals surface area contributed by atoms with E-state index in [1.807, 2.05) is 11.8 Å². The number of nitrogens with zero attached hydrogens (tertiary/aromatic N) is 2. The van der Waals surface area contributed by atoms with Crippen LogP contribution in [0.4, 0.5) is 0 Å². The summed E-state index contributed by atoms with van der Waals surface area (Å²) in [6, 6.07) is 2.11. The first kappa shape index (κ1) is 22.6. The molecule has 0 radical (unpaired) electrons. The molecule has 2 N–H and O–H groups in total. The minimum absolute atomic E-state index is 0.0644. The third kappa shape index (κ3) is 8.16. The van der Waals surface area contributed by atoms with Crippen LogP contribution in [0.15, 0.2) is 16.4 Å². The van der Waals surface area contributed by atoms with Crippen LogP contribution in [0.25, 0.3) is 0 Å². The van der Waals surface area contributed by atoms with E-state index in [0.29, 0.717) is 38.9 Å². The van der Waals surface area contributed by atoms with E-state index in [1.54, 1.807) is 11.3 Å². The fraction of sp³-hybridized carbons (Fsp3) is 0.700. The number of guanidine groups is 1. The lowest BCUT2D eigenvalue weighted by Crippen LogP contribution is -2.41. The first-order valence-corrected chi connectivity index (χ1v) is 11.1. The molecule has 0 aromatic carbocycles. The third-order valence-electron chi connectivity index (χ3n) is 4.43. The number of unbranched alkanes of at least 4 members (excludes halogenated alkanes) is 1. The Labute approximate surface area is 172 Å². The van der Waals surface area contributed by atoms with E-state index in [9.17, 15) is 4.79 Å². The standard InChI is InChI=1S/C20H34N4O3S/c1-3-5-10-26-12-13-27-11-8-22-20(21-4-2)23-15-19(25)24-9-6-18-17(16-24)7-14-28-18/h7,14H,3-6,8-13,15-16H2,1-2H3,(H2,21,22,23). The lowest BCUT2D eigenvalue weighted by molar-refractivity contribution is -0.130. The van der Waals surface area contributed by atoms with Gasteiger partial charge in [0.2, 0.25) is 5.91 Å². The maximum Gasteiger partial charge on any atom is 0.244 e. The van der Waals surface area contributed by atoms with Gasteiger partial charge in [-0.25, -0.2) is 4.99 Å². The molecule has 2 heterocycles. The van der Waals surface area contributed by atoms with Gasteiger partial charge in [-0.15, -0.1) is 11.3 Å². The quantitative estimate of drug-likeness (QED) is 0.313. The van der Waals surface area contributed by atoms with Gasteiger partial charge in [-0.05, 0) is 36.8 Å². The van der Waals surface area contributed by atoms with Crippen LogP contribution in [-0.2, 0) is 27.2 Å². The molecule has 0 atom stereocenters. The number of hydrogen-bond donors (Lipinski definition) is 2. The summed E-state index contributed by atoms with van der Waals surface area (Å²) in [4.78, 5) is 20.2. The predicted octanol–water partition coefficient (Wildman–Crippen LogP) is 2.02. The highest BCUT2D eigenvalue weighted by atomic mass is 32.1. The number of hydrogen-bond acceptors (Lipinski definition) is 5. The fourth-order valence-electron chi connectivity index (χ4n) is 2.86. The van der Waals surface area contributed by atoms with Crippen molar-refractivity contribution in [3.8, 4) is 0 Å². The topological polar surface area (TPSA) is 75.2 Å². The number of amides is 1. The molecule has 0 bridgehead atoms. The largest absolute Gasteiger partial charge is 0.379 e. The van der Waals surface area contributed by atoms with Gasteiger partial charge in [0, 0.05) is 37.7 Å². The van der Waals surface area contributed by atoms with Crippen molar-refractivity contribution in [3.63, 3.8) is 0 Å². The summed E-state index contributed by atoms with van der Waals surface area (Å²) in [6.07, 6.45) is 3.18. The molecule has 1 aliphatic rings.